The summed E-state index contributed by atoms with van der Waals surface area (Å²) in [4.78, 5) is 32.0. The van der Waals surface area contributed by atoms with Crippen LogP contribution in [0.25, 0.3) is 33.4 Å². The fraction of sp³-hybridized carbons (Fsp3) is 0.156. The highest BCUT2D eigenvalue weighted by atomic mass is 35.5. The lowest BCUT2D eigenvalue weighted by molar-refractivity contribution is 0.0929. The minimum Gasteiger partial charge on any atom is -0.368 e. The number of piperidine rings is 1. The SMILES string of the molecule is O=C(NC1CCCN(c2ccncc2Cl)C1)c1cc2ccc(-c3nccc(Nc4ccc(-c5cn[nH]c5)cc4)n3)cc2[nH]1. The molecular formula is C32H28ClN9O. The molecule has 4 aromatic heterocycles. The number of aromatic amines is 2. The first-order valence-electron chi connectivity index (χ1n) is 14.1. The maximum absolute atomic E-state index is 13.2. The topological polar surface area (TPSA) is 128 Å². The highest BCUT2D eigenvalue weighted by Gasteiger charge is 2.24. The van der Waals surface area contributed by atoms with Crippen molar-refractivity contribution >= 4 is 45.6 Å². The van der Waals surface area contributed by atoms with E-state index in [1.807, 2.05) is 66.9 Å². The molecule has 1 saturated heterocycles. The molecule has 0 radical (unpaired) electrons. The lowest BCUT2D eigenvalue weighted by Gasteiger charge is -2.35. The van der Waals surface area contributed by atoms with Crippen LogP contribution in [0.2, 0.25) is 5.02 Å². The summed E-state index contributed by atoms with van der Waals surface area (Å²) in [5.41, 5.74) is 6.16. The van der Waals surface area contributed by atoms with Gasteiger partial charge in [0.1, 0.15) is 11.5 Å². The van der Waals surface area contributed by atoms with E-state index in [9.17, 15) is 4.79 Å². The smallest absolute Gasteiger partial charge is 0.268 e. The van der Waals surface area contributed by atoms with Crippen LogP contribution in [0.5, 0.6) is 0 Å². The minimum atomic E-state index is -0.133. The van der Waals surface area contributed by atoms with E-state index in [-0.39, 0.29) is 11.9 Å². The molecule has 1 unspecified atom stereocenters. The Labute approximate surface area is 252 Å². The monoisotopic (exact) mass is 589 g/mol. The van der Waals surface area contributed by atoms with Crippen molar-refractivity contribution in [1.29, 1.82) is 0 Å². The average Bonchev–Trinajstić information content (AvgIpc) is 3.73. The number of nitrogens with one attached hydrogen (secondary N) is 4. The van der Waals surface area contributed by atoms with Crippen molar-refractivity contribution in [3.63, 3.8) is 0 Å². The molecule has 0 spiro atoms. The molecule has 0 bridgehead atoms. The summed E-state index contributed by atoms with van der Waals surface area (Å²) in [6.45, 7) is 1.58. The normalized spacial score (nSPS) is 15.0. The number of hydrogen-bond donors (Lipinski definition) is 4. The van der Waals surface area contributed by atoms with E-state index in [1.54, 1.807) is 24.8 Å². The lowest BCUT2D eigenvalue weighted by Crippen LogP contribution is -2.48. The Kier molecular flexibility index (Phi) is 7.18. The number of nitrogens with zero attached hydrogens (tertiary/aromatic N) is 5. The molecule has 5 heterocycles. The molecule has 7 rings (SSSR count). The zero-order chi connectivity index (χ0) is 29.2. The fourth-order valence-electron chi connectivity index (χ4n) is 5.46. The number of pyridine rings is 1. The summed E-state index contributed by atoms with van der Waals surface area (Å²) >= 11 is 6.36. The molecule has 1 atom stereocenters. The zero-order valence-corrected chi connectivity index (χ0v) is 23.8. The van der Waals surface area contributed by atoms with Crippen molar-refractivity contribution in [3.05, 3.63) is 102 Å². The number of halogens is 1. The van der Waals surface area contributed by atoms with Crippen LogP contribution in [-0.2, 0) is 0 Å². The first kappa shape index (κ1) is 26.7. The molecule has 6 aromatic rings. The van der Waals surface area contributed by atoms with Crippen LogP contribution in [0.15, 0.2) is 91.6 Å². The summed E-state index contributed by atoms with van der Waals surface area (Å²) in [5.74, 6) is 1.13. The van der Waals surface area contributed by atoms with Crippen LogP contribution in [0.4, 0.5) is 17.2 Å². The van der Waals surface area contributed by atoms with Gasteiger partial charge in [-0.25, -0.2) is 9.97 Å². The Bertz CT molecular complexity index is 1890. The van der Waals surface area contributed by atoms with E-state index >= 15 is 0 Å². The molecule has 1 aliphatic rings. The molecule has 1 fully saturated rings. The van der Waals surface area contributed by atoms with Gasteiger partial charge in [-0.2, -0.15) is 5.10 Å². The molecule has 214 valence electrons. The van der Waals surface area contributed by atoms with Crippen LogP contribution in [-0.4, -0.2) is 55.2 Å². The predicted octanol–water partition coefficient (Wildman–Crippen LogP) is 6.21. The number of H-pyrrole nitrogens is 2. The number of benzene rings is 2. The third-order valence-electron chi connectivity index (χ3n) is 7.62. The van der Waals surface area contributed by atoms with Gasteiger partial charge < -0.3 is 20.5 Å². The minimum absolute atomic E-state index is 0.0120. The average molecular weight is 590 g/mol. The van der Waals surface area contributed by atoms with Gasteiger partial charge in [-0.05, 0) is 54.8 Å². The van der Waals surface area contributed by atoms with E-state index in [0.29, 0.717) is 28.9 Å². The molecule has 2 aromatic carbocycles. The molecule has 0 aliphatic carbocycles. The molecule has 10 nitrogen and oxygen atoms in total. The van der Waals surface area contributed by atoms with Crippen molar-refractivity contribution in [2.45, 2.75) is 18.9 Å². The second-order valence-electron chi connectivity index (χ2n) is 10.5. The third kappa shape index (κ3) is 5.77. The van der Waals surface area contributed by atoms with Gasteiger partial charge in [0.15, 0.2) is 5.82 Å². The maximum atomic E-state index is 13.2. The van der Waals surface area contributed by atoms with Gasteiger partial charge in [-0.15, -0.1) is 0 Å². The van der Waals surface area contributed by atoms with Gasteiger partial charge in [0.05, 0.1) is 16.9 Å². The zero-order valence-electron chi connectivity index (χ0n) is 23.1. The van der Waals surface area contributed by atoms with E-state index in [0.717, 1.165) is 58.4 Å². The molecule has 1 aliphatic heterocycles. The fourth-order valence-corrected chi connectivity index (χ4v) is 5.70. The van der Waals surface area contributed by atoms with Crippen LogP contribution < -0.4 is 15.5 Å². The first-order valence-corrected chi connectivity index (χ1v) is 14.4. The maximum Gasteiger partial charge on any atom is 0.268 e. The number of amides is 1. The van der Waals surface area contributed by atoms with Gasteiger partial charge in [-0.3, -0.25) is 14.9 Å². The van der Waals surface area contributed by atoms with Crippen LogP contribution in [0.1, 0.15) is 23.3 Å². The summed E-state index contributed by atoms with van der Waals surface area (Å²) in [5, 5.41) is 14.9. The largest absolute Gasteiger partial charge is 0.368 e. The van der Waals surface area contributed by atoms with Crippen molar-refractivity contribution in [2.75, 3.05) is 23.3 Å². The van der Waals surface area contributed by atoms with E-state index in [2.05, 4.69) is 40.7 Å². The third-order valence-corrected chi connectivity index (χ3v) is 7.91. The number of carbonyl (C=O) groups excluding carboxylic acids is 1. The van der Waals surface area contributed by atoms with Crippen LogP contribution in [0, 0.1) is 0 Å². The summed E-state index contributed by atoms with van der Waals surface area (Å²) in [7, 11) is 0. The number of carbonyl (C=O) groups is 1. The van der Waals surface area contributed by atoms with Gasteiger partial charge in [0.25, 0.3) is 5.91 Å². The van der Waals surface area contributed by atoms with Crippen molar-refractivity contribution in [2.24, 2.45) is 0 Å². The molecule has 11 heteroatoms. The lowest BCUT2D eigenvalue weighted by atomic mass is 10.0. The number of anilines is 3. The predicted molar refractivity (Wildman–Crippen MR) is 169 cm³/mol. The van der Waals surface area contributed by atoms with Gasteiger partial charge in [0.2, 0.25) is 0 Å². The second kappa shape index (κ2) is 11.6. The summed E-state index contributed by atoms with van der Waals surface area (Å²) in [6, 6.07) is 19.6. The van der Waals surface area contributed by atoms with Crippen molar-refractivity contribution < 1.29 is 4.79 Å². The Morgan fingerprint density at radius 2 is 1.86 bits per heavy atom. The van der Waals surface area contributed by atoms with Crippen LogP contribution in [0.3, 0.4) is 0 Å². The Hall–Kier alpha value is -5.22. The van der Waals surface area contributed by atoms with Gasteiger partial charge in [-0.1, -0.05) is 35.9 Å². The van der Waals surface area contributed by atoms with Crippen LogP contribution >= 0.6 is 11.6 Å². The Morgan fingerprint density at radius 1 is 0.977 bits per heavy atom. The van der Waals surface area contributed by atoms with Gasteiger partial charge >= 0.3 is 0 Å². The Morgan fingerprint density at radius 3 is 2.70 bits per heavy atom. The second-order valence-corrected chi connectivity index (χ2v) is 10.9. The quantitative estimate of drug-likeness (QED) is 0.174. The highest BCUT2D eigenvalue weighted by Crippen LogP contribution is 2.28. The molecule has 0 saturated carbocycles. The van der Waals surface area contributed by atoms with Crippen molar-refractivity contribution in [1.82, 2.24) is 35.5 Å². The summed E-state index contributed by atoms with van der Waals surface area (Å²) < 4.78 is 0. The molecular weight excluding hydrogens is 562 g/mol. The standard InChI is InChI=1S/C32H28ClN9O/c33-26-18-34-11-9-29(26)42-13-1-2-25(19-42)39-32(43)28-14-21-3-4-22(15-27(21)40-28)31-35-12-10-30(41-31)38-24-7-5-20(6-8-24)23-16-36-37-17-23/h3-12,14-18,25,40H,1-2,13,19H2,(H,36,37)(H,39,43)(H,35,38,41). The summed E-state index contributed by atoms with van der Waals surface area (Å²) in [6.07, 6.45) is 10.6. The van der Waals surface area contributed by atoms with E-state index < -0.39 is 0 Å². The molecule has 1 amide bonds. The van der Waals surface area contributed by atoms with E-state index in [1.165, 1.54) is 0 Å². The number of hydrogen-bond acceptors (Lipinski definition) is 7. The Balaban J connectivity index is 1.04. The highest BCUT2D eigenvalue weighted by molar-refractivity contribution is 6.33. The van der Waals surface area contributed by atoms with E-state index in [4.69, 9.17) is 16.6 Å². The molecule has 4 N–H and O–H groups in total. The number of rotatable bonds is 7. The number of aromatic nitrogens is 6. The number of fused-ring (bicyclic) bond motifs is 1. The van der Waals surface area contributed by atoms with Gasteiger partial charge in [0, 0.05) is 71.6 Å². The first-order chi connectivity index (χ1) is 21.1. The molecule has 43 heavy (non-hydrogen) atoms. The van der Waals surface area contributed by atoms with Crippen molar-refractivity contribution in [3.8, 4) is 22.5 Å².